The summed E-state index contributed by atoms with van der Waals surface area (Å²) in [6.07, 6.45) is -4.89. The number of H-pyrrole nitrogens is 1. The van der Waals surface area contributed by atoms with Crippen LogP contribution in [0.3, 0.4) is 0 Å². The van der Waals surface area contributed by atoms with Crippen molar-refractivity contribution in [2.75, 3.05) is 7.11 Å². The molecule has 27 heavy (non-hydrogen) atoms. The Hall–Kier alpha value is -3.49. The number of hydrogen-bond acceptors (Lipinski definition) is 5. The minimum Gasteiger partial charge on any atom is -0.496 e. The number of azo groups is 1. The highest BCUT2D eigenvalue weighted by atomic mass is 19.4. The van der Waals surface area contributed by atoms with Gasteiger partial charge in [-0.25, -0.2) is 4.98 Å². The fourth-order valence-electron chi connectivity index (χ4n) is 2.33. The Morgan fingerprint density at radius 1 is 1.00 bits per heavy atom. The lowest BCUT2D eigenvalue weighted by molar-refractivity contribution is -0.140. The molecule has 0 aliphatic heterocycles. The fourth-order valence-corrected chi connectivity index (χ4v) is 2.33. The molecule has 3 rings (SSSR count). The first kappa shape index (κ1) is 18.3. The molecule has 0 saturated heterocycles. The van der Waals surface area contributed by atoms with E-state index in [0.717, 1.165) is 0 Å². The van der Waals surface area contributed by atoms with Crippen LogP contribution in [0, 0.1) is 0 Å². The van der Waals surface area contributed by atoms with Crippen LogP contribution in [0.5, 0.6) is 5.75 Å². The molecular weight excluding hydrogens is 361 g/mol. The van der Waals surface area contributed by atoms with E-state index in [2.05, 4.69) is 20.2 Å². The lowest BCUT2D eigenvalue weighted by Crippen LogP contribution is -2.18. The van der Waals surface area contributed by atoms with Crippen LogP contribution in [0.1, 0.15) is 5.69 Å². The molecule has 0 radical (unpaired) electrons. The molecule has 0 amide bonds. The molecule has 0 spiro atoms. The van der Waals surface area contributed by atoms with E-state index in [9.17, 15) is 18.0 Å². The van der Waals surface area contributed by atoms with Crippen LogP contribution in [0.4, 0.5) is 24.5 Å². The summed E-state index contributed by atoms with van der Waals surface area (Å²) in [4.78, 5) is 18.2. The number of hydrogen-bond donors (Lipinski definition) is 1. The van der Waals surface area contributed by atoms with E-state index >= 15 is 0 Å². The van der Waals surface area contributed by atoms with Gasteiger partial charge in [-0.05, 0) is 24.3 Å². The molecular formula is C18H13F3N4O2. The average molecular weight is 374 g/mol. The van der Waals surface area contributed by atoms with Crippen LogP contribution >= 0.6 is 0 Å². The van der Waals surface area contributed by atoms with Gasteiger partial charge in [0.15, 0.2) is 11.4 Å². The third-order valence-corrected chi connectivity index (χ3v) is 3.55. The van der Waals surface area contributed by atoms with E-state index in [1.54, 1.807) is 48.5 Å². The van der Waals surface area contributed by atoms with Crippen LogP contribution in [0.25, 0.3) is 11.4 Å². The summed E-state index contributed by atoms with van der Waals surface area (Å²) in [7, 11) is 1.37. The minimum absolute atomic E-state index is 0.217. The average Bonchev–Trinajstić information content (AvgIpc) is 2.66. The number of halogens is 3. The van der Waals surface area contributed by atoms with E-state index in [1.165, 1.54) is 13.2 Å². The molecule has 0 fully saturated rings. The van der Waals surface area contributed by atoms with Crippen molar-refractivity contribution < 1.29 is 17.9 Å². The molecule has 3 aromatic rings. The number of nitrogens with zero attached hydrogens (tertiary/aromatic N) is 3. The third-order valence-electron chi connectivity index (χ3n) is 3.55. The van der Waals surface area contributed by atoms with E-state index in [0.29, 0.717) is 5.69 Å². The molecule has 1 N–H and O–H groups in total. The van der Waals surface area contributed by atoms with Crippen LogP contribution < -0.4 is 10.3 Å². The smallest absolute Gasteiger partial charge is 0.435 e. The van der Waals surface area contributed by atoms with Crippen molar-refractivity contribution in [2.24, 2.45) is 10.2 Å². The first-order valence-electron chi connectivity index (χ1n) is 7.72. The largest absolute Gasteiger partial charge is 0.496 e. The van der Waals surface area contributed by atoms with Crippen molar-refractivity contribution in [1.82, 2.24) is 9.97 Å². The van der Waals surface area contributed by atoms with Crippen molar-refractivity contribution in [3.8, 4) is 17.1 Å². The number of para-hydroxylation sites is 1. The lowest BCUT2D eigenvalue weighted by atomic mass is 10.2. The SMILES string of the molecule is COc1ccccc1-c1nc(C(F)(F)F)c(N=Nc2ccccc2)c(=O)[nH]1. The number of aromatic nitrogens is 2. The Labute approximate surface area is 151 Å². The summed E-state index contributed by atoms with van der Waals surface area (Å²) in [5, 5.41) is 7.18. The number of methoxy groups -OCH3 is 1. The van der Waals surface area contributed by atoms with Crippen molar-refractivity contribution in [2.45, 2.75) is 6.18 Å². The standard InChI is InChI=1S/C18H13F3N4O2/c1-27-13-10-6-5-9-12(13)16-22-15(18(19,20)21)14(17(26)23-16)25-24-11-7-3-2-4-8-11/h2-10H,1H3,(H,22,23,26). The second-order valence-electron chi connectivity index (χ2n) is 5.35. The highest BCUT2D eigenvalue weighted by molar-refractivity contribution is 5.65. The summed E-state index contributed by atoms with van der Waals surface area (Å²) in [5.74, 6) is -0.00382. The second kappa shape index (κ2) is 7.40. The molecule has 2 aromatic carbocycles. The minimum atomic E-state index is -4.89. The normalized spacial score (nSPS) is 11.7. The lowest BCUT2D eigenvalue weighted by Gasteiger charge is -2.11. The summed E-state index contributed by atoms with van der Waals surface area (Å²) in [5.41, 5.74) is -2.87. The summed E-state index contributed by atoms with van der Waals surface area (Å²) < 4.78 is 45.6. The molecule has 0 aliphatic carbocycles. The van der Waals surface area contributed by atoms with Gasteiger partial charge in [0, 0.05) is 0 Å². The number of aromatic amines is 1. The van der Waals surface area contributed by atoms with E-state index in [4.69, 9.17) is 4.74 Å². The molecule has 9 heteroatoms. The van der Waals surface area contributed by atoms with Crippen LogP contribution in [-0.2, 0) is 6.18 Å². The first-order valence-corrected chi connectivity index (χ1v) is 7.72. The Kier molecular flexibility index (Phi) is 5.02. The van der Waals surface area contributed by atoms with Crippen molar-refractivity contribution in [3.63, 3.8) is 0 Å². The summed E-state index contributed by atoms with van der Waals surface area (Å²) in [6, 6.07) is 14.4. The molecule has 1 aromatic heterocycles. The Morgan fingerprint density at radius 2 is 1.67 bits per heavy atom. The van der Waals surface area contributed by atoms with Gasteiger partial charge < -0.3 is 9.72 Å². The van der Waals surface area contributed by atoms with Gasteiger partial charge in [-0.2, -0.15) is 18.3 Å². The van der Waals surface area contributed by atoms with Gasteiger partial charge in [-0.15, -0.1) is 5.11 Å². The van der Waals surface area contributed by atoms with Gasteiger partial charge >= 0.3 is 6.18 Å². The van der Waals surface area contributed by atoms with E-state index in [-0.39, 0.29) is 17.1 Å². The van der Waals surface area contributed by atoms with Gasteiger partial charge in [-0.3, -0.25) is 4.79 Å². The number of benzene rings is 2. The Balaban J connectivity index is 2.16. The highest BCUT2D eigenvalue weighted by Gasteiger charge is 2.38. The van der Waals surface area contributed by atoms with Crippen LogP contribution in [-0.4, -0.2) is 17.1 Å². The zero-order chi connectivity index (χ0) is 19.4. The van der Waals surface area contributed by atoms with Gasteiger partial charge in [-0.1, -0.05) is 30.3 Å². The quantitative estimate of drug-likeness (QED) is 0.661. The van der Waals surface area contributed by atoms with Crippen molar-refractivity contribution >= 4 is 11.4 Å². The molecule has 0 aliphatic rings. The van der Waals surface area contributed by atoms with Gasteiger partial charge in [0.05, 0.1) is 18.4 Å². The van der Waals surface area contributed by atoms with Crippen molar-refractivity contribution in [3.05, 3.63) is 70.6 Å². The maximum absolute atomic E-state index is 13.5. The highest BCUT2D eigenvalue weighted by Crippen LogP contribution is 2.35. The Morgan fingerprint density at radius 3 is 2.33 bits per heavy atom. The third kappa shape index (κ3) is 4.02. The van der Waals surface area contributed by atoms with E-state index < -0.39 is 23.1 Å². The van der Waals surface area contributed by atoms with Gasteiger partial charge in [0.1, 0.15) is 11.6 Å². The molecule has 138 valence electrons. The monoisotopic (exact) mass is 374 g/mol. The summed E-state index contributed by atoms with van der Waals surface area (Å²) >= 11 is 0. The van der Waals surface area contributed by atoms with Crippen molar-refractivity contribution in [1.29, 1.82) is 0 Å². The topological polar surface area (TPSA) is 79.7 Å². The van der Waals surface area contributed by atoms with Gasteiger partial charge in [0.25, 0.3) is 5.56 Å². The maximum Gasteiger partial charge on any atom is 0.435 e. The molecule has 0 unspecified atom stereocenters. The second-order valence-corrected chi connectivity index (χ2v) is 5.35. The predicted octanol–water partition coefficient (Wildman–Crippen LogP) is 4.88. The molecule has 0 atom stereocenters. The first-order chi connectivity index (χ1) is 12.9. The number of nitrogens with one attached hydrogen (secondary N) is 1. The number of alkyl halides is 3. The zero-order valence-corrected chi connectivity index (χ0v) is 14.0. The van der Waals surface area contributed by atoms with Crippen LogP contribution in [0.2, 0.25) is 0 Å². The molecule has 6 nitrogen and oxygen atoms in total. The Bertz CT molecular complexity index is 1030. The van der Waals surface area contributed by atoms with E-state index in [1.807, 2.05) is 0 Å². The maximum atomic E-state index is 13.5. The zero-order valence-electron chi connectivity index (χ0n) is 14.0. The van der Waals surface area contributed by atoms with Crippen LogP contribution in [0.15, 0.2) is 69.6 Å². The number of ether oxygens (including phenoxy) is 1. The molecule has 0 saturated carbocycles. The number of rotatable bonds is 4. The molecule has 1 heterocycles. The molecule has 0 bridgehead atoms. The summed E-state index contributed by atoms with van der Waals surface area (Å²) in [6.45, 7) is 0. The van der Waals surface area contributed by atoms with Gasteiger partial charge in [0.2, 0.25) is 0 Å². The predicted molar refractivity (Wildman–Crippen MR) is 92.5 cm³/mol. The fraction of sp³-hybridized carbons (Fsp3) is 0.111.